The first-order valence-corrected chi connectivity index (χ1v) is 10.7. The summed E-state index contributed by atoms with van der Waals surface area (Å²) < 4.78 is 27.5. The highest BCUT2D eigenvalue weighted by atomic mass is 127. The van der Waals surface area contributed by atoms with Crippen LogP contribution in [0.2, 0.25) is 0 Å². The van der Waals surface area contributed by atoms with Crippen LogP contribution in [0, 0.1) is 3.57 Å². The molecule has 1 amide bonds. The van der Waals surface area contributed by atoms with Crippen molar-refractivity contribution in [3.05, 3.63) is 57.7 Å². The number of halogens is 1. The fourth-order valence-electron chi connectivity index (χ4n) is 2.07. The molecular formula is C17H18IN3O3S2. The molecular weight excluding hydrogens is 485 g/mol. The average Bonchev–Trinajstić information content (AvgIpc) is 2.54. The van der Waals surface area contributed by atoms with Gasteiger partial charge in [-0.1, -0.05) is 12.1 Å². The van der Waals surface area contributed by atoms with E-state index in [1.54, 1.807) is 38.1 Å². The lowest BCUT2D eigenvalue weighted by atomic mass is 10.2. The number of nitrogens with one attached hydrogen (secondary N) is 3. The number of hydrogen-bond acceptors (Lipinski definition) is 4. The van der Waals surface area contributed by atoms with Gasteiger partial charge < -0.3 is 5.32 Å². The smallest absolute Gasteiger partial charge is 0.258 e. The zero-order valence-corrected chi connectivity index (χ0v) is 17.9. The van der Waals surface area contributed by atoms with Gasteiger partial charge in [-0.15, -0.1) is 0 Å². The number of anilines is 1. The number of hydrogen-bond donors (Lipinski definition) is 3. The van der Waals surface area contributed by atoms with Crippen molar-refractivity contribution < 1.29 is 13.2 Å². The molecule has 138 valence electrons. The number of carbonyl (C=O) groups excluding carboxylic acids is 1. The number of carbonyl (C=O) groups is 1. The molecule has 2 rings (SSSR count). The lowest BCUT2D eigenvalue weighted by Gasteiger charge is -2.12. The number of rotatable bonds is 5. The molecule has 0 fully saturated rings. The summed E-state index contributed by atoms with van der Waals surface area (Å²) >= 11 is 7.22. The van der Waals surface area contributed by atoms with Crippen LogP contribution < -0.4 is 15.4 Å². The second-order valence-corrected chi connectivity index (χ2v) is 8.97. The van der Waals surface area contributed by atoms with Crippen molar-refractivity contribution in [1.29, 1.82) is 0 Å². The Morgan fingerprint density at radius 2 is 1.69 bits per heavy atom. The largest absolute Gasteiger partial charge is 0.332 e. The molecule has 2 aromatic rings. The first-order valence-electron chi connectivity index (χ1n) is 7.68. The van der Waals surface area contributed by atoms with Crippen molar-refractivity contribution in [3.8, 4) is 0 Å². The lowest BCUT2D eigenvalue weighted by molar-refractivity contribution is 0.0977. The van der Waals surface area contributed by atoms with Gasteiger partial charge in [0.2, 0.25) is 10.0 Å². The fourth-order valence-corrected chi connectivity index (χ4v) is 4.17. The second kappa shape index (κ2) is 8.89. The summed E-state index contributed by atoms with van der Waals surface area (Å²) in [6.45, 7) is 3.50. The first kappa shape index (κ1) is 20.7. The van der Waals surface area contributed by atoms with E-state index in [1.807, 2.05) is 12.1 Å². The van der Waals surface area contributed by atoms with Crippen LogP contribution in [0.3, 0.4) is 0 Å². The van der Waals surface area contributed by atoms with Crippen LogP contribution >= 0.6 is 34.8 Å². The molecule has 0 aromatic heterocycles. The molecule has 26 heavy (non-hydrogen) atoms. The maximum atomic E-state index is 12.2. The molecule has 2 aromatic carbocycles. The Labute approximate surface area is 172 Å². The molecule has 0 aliphatic rings. The quantitative estimate of drug-likeness (QED) is 0.431. The fraction of sp³-hybridized carbons (Fsp3) is 0.176. The normalized spacial score (nSPS) is 11.2. The van der Waals surface area contributed by atoms with Crippen molar-refractivity contribution in [2.24, 2.45) is 0 Å². The summed E-state index contributed by atoms with van der Waals surface area (Å²) in [5.41, 5.74) is 1.10. The molecule has 0 saturated heterocycles. The topological polar surface area (TPSA) is 87.3 Å². The number of thiocarbonyl (C=S) groups is 1. The van der Waals surface area contributed by atoms with Gasteiger partial charge in [-0.2, -0.15) is 0 Å². The predicted octanol–water partition coefficient (Wildman–Crippen LogP) is 3.10. The van der Waals surface area contributed by atoms with Gasteiger partial charge in [0.15, 0.2) is 5.11 Å². The average molecular weight is 503 g/mol. The summed E-state index contributed by atoms with van der Waals surface area (Å²) in [5.74, 6) is -0.312. The zero-order chi connectivity index (χ0) is 19.3. The molecule has 0 unspecified atom stereocenters. The Balaban J connectivity index is 2.02. The van der Waals surface area contributed by atoms with E-state index in [9.17, 15) is 13.2 Å². The van der Waals surface area contributed by atoms with Crippen LogP contribution in [-0.2, 0) is 10.0 Å². The maximum absolute atomic E-state index is 12.2. The molecule has 0 atom stereocenters. The summed E-state index contributed by atoms with van der Waals surface area (Å²) in [5, 5.41) is 5.60. The van der Waals surface area contributed by atoms with Crippen LogP contribution in [-0.4, -0.2) is 25.5 Å². The Morgan fingerprint density at radius 3 is 2.27 bits per heavy atom. The van der Waals surface area contributed by atoms with Crippen LogP contribution in [0.1, 0.15) is 24.2 Å². The van der Waals surface area contributed by atoms with Crippen LogP contribution in [0.5, 0.6) is 0 Å². The van der Waals surface area contributed by atoms with E-state index in [1.165, 1.54) is 12.1 Å². The summed E-state index contributed by atoms with van der Waals surface area (Å²) in [6.07, 6.45) is 0. The third-order valence-electron chi connectivity index (χ3n) is 3.16. The molecule has 0 spiro atoms. The molecule has 9 heteroatoms. The Hall–Kier alpha value is -1.56. The van der Waals surface area contributed by atoms with Gasteiger partial charge in [-0.05, 0) is 85.1 Å². The first-order chi connectivity index (χ1) is 12.2. The van der Waals surface area contributed by atoms with Crippen LogP contribution in [0.4, 0.5) is 5.69 Å². The predicted molar refractivity (Wildman–Crippen MR) is 115 cm³/mol. The van der Waals surface area contributed by atoms with Crippen LogP contribution in [0.15, 0.2) is 53.4 Å². The number of amides is 1. The second-order valence-electron chi connectivity index (χ2n) is 5.69. The molecule has 3 N–H and O–H groups in total. The standard InChI is InChI=1S/C17H18IN3O3S2/c1-11(2)21-26(23,24)13-9-7-12(8-10-13)19-17(25)20-16(22)14-5-3-4-6-15(14)18/h3-11,21H,1-2H3,(H2,19,20,22,25). The highest BCUT2D eigenvalue weighted by Gasteiger charge is 2.15. The summed E-state index contributed by atoms with van der Waals surface area (Å²) in [7, 11) is -3.55. The van der Waals surface area contributed by atoms with Gasteiger partial charge in [0.25, 0.3) is 5.91 Å². The molecule has 0 saturated carbocycles. The third-order valence-corrected chi connectivity index (χ3v) is 5.98. The van der Waals surface area contributed by atoms with E-state index in [2.05, 4.69) is 37.9 Å². The highest BCUT2D eigenvalue weighted by molar-refractivity contribution is 14.1. The zero-order valence-electron chi connectivity index (χ0n) is 14.1. The lowest BCUT2D eigenvalue weighted by Crippen LogP contribution is -2.34. The molecule has 6 nitrogen and oxygen atoms in total. The van der Waals surface area contributed by atoms with Crippen molar-refractivity contribution in [2.45, 2.75) is 24.8 Å². The number of sulfonamides is 1. The van der Waals surface area contributed by atoms with Crippen molar-refractivity contribution >= 4 is 61.5 Å². The van der Waals surface area contributed by atoms with Gasteiger partial charge in [0.05, 0.1) is 10.5 Å². The Bertz CT molecular complexity index is 913. The molecule has 0 radical (unpaired) electrons. The minimum Gasteiger partial charge on any atom is -0.332 e. The van der Waals surface area contributed by atoms with Crippen molar-refractivity contribution in [3.63, 3.8) is 0 Å². The summed E-state index contributed by atoms with van der Waals surface area (Å²) in [4.78, 5) is 12.4. The van der Waals surface area contributed by atoms with E-state index in [0.29, 0.717) is 11.3 Å². The highest BCUT2D eigenvalue weighted by Crippen LogP contribution is 2.15. The van der Waals surface area contributed by atoms with E-state index in [0.717, 1.165) is 3.57 Å². The third kappa shape index (κ3) is 5.73. The van der Waals surface area contributed by atoms with Gasteiger partial charge in [-0.25, -0.2) is 13.1 Å². The Morgan fingerprint density at radius 1 is 1.08 bits per heavy atom. The number of benzene rings is 2. The molecule has 0 heterocycles. The SMILES string of the molecule is CC(C)NS(=O)(=O)c1ccc(NC(=S)NC(=O)c2ccccc2I)cc1. The van der Waals surface area contributed by atoms with Crippen molar-refractivity contribution in [1.82, 2.24) is 10.0 Å². The van der Waals surface area contributed by atoms with E-state index >= 15 is 0 Å². The minimum atomic E-state index is -3.55. The molecule has 0 aliphatic heterocycles. The molecule has 0 bridgehead atoms. The van der Waals surface area contributed by atoms with Gasteiger partial charge >= 0.3 is 0 Å². The minimum absolute atomic E-state index is 0.130. The van der Waals surface area contributed by atoms with Crippen LogP contribution in [0.25, 0.3) is 0 Å². The monoisotopic (exact) mass is 503 g/mol. The maximum Gasteiger partial charge on any atom is 0.258 e. The van der Waals surface area contributed by atoms with Gasteiger partial charge in [0, 0.05) is 15.3 Å². The Kier molecular flexibility index (Phi) is 7.09. The van der Waals surface area contributed by atoms with Crippen molar-refractivity contribution in [2.75, 3.05) is 5.32 Å². The molecule has 0 aliphatic carbocycles. The van der Waals surface area contributed by atoms with Gasteiger partial charge in [0.1, 0.15) is 0 Å². The summed E-state index contributed by atoms with van der Waals surface area (Å²) in [6, 6.07) is 13.1. The van der Waals surface area contributed by atoms with E-state index < -0.39 is 10.0 Å². The van der Waals surface area contributed by atoms with Gasteiger partial charge in [-0.3, -0.25) is 10.1 Å². The van der Waals surface area contributed by atoms with E-state index in [-0.39, 0.29) is 22.0 Å². The van der Waals surface area contributed by atoms with E-state index in [4.69, 9.17) is 12.2 Å².